The monoisotopic (exact) mass is 270 g/mol. The van der Waals surface area contributed by atoms with Crippen molar-refractivity contribution in [1.29, 1.82) is 5.26 Å². The molecule has 1 amide bonds. The predicted molar refractivity (Wildman–Crippen MR) is 58.2 cm³/mol. The SMILES string of the molecule is CCCC(C#N)NC(=O)c1ccoc1Br. The molecule has 0 fully saturated rings. The molecule has 0 saturated carbocycles. The molecule has 0 aliphatic rings. The second-order valence-electron chi connectivity index (χ2n) is 3.05. The van der Waals surface area contributed by atoms with Gasteiger partial charge in [-0.15, -0.1) is 0 Å². The third-order valence-electron chi connectivity index (χ3n) is 1.90. The first-order chi connectivity index (χ1) is 7.19. The zero-order valence-corrected chi connectivity index (χ0v) is 9.87. The van der Waals surface area contributed by atoms with Crippen LogP contribution < -0.4 is 5.32 Å². The Morgan fingerprint density at radius 2 is 2.53 bits per heavy atom. The summed E-state index contributed by atoms with van der Waals surface area (Å²) < 4.78 is 5.32. The highest BCUT2D eigenvalue weighted by Crippen LogP contribution is 2.17. The summed E-state index contributed by atoms with van der Waals surface area (Å²) in [7, 11) is 0. The average Bonchev–Trinajstić information content (AvgIpc) is 2.63. The zero-order valence-electron chi connectivity index (χ0n) is 8.29. The molecule has 15 heavy (non-hydrogen) atoms. The smallest absolute Gasteiger partial charge is 0.256 e. The maximum atomic E-state index is 11.6. The van der Waals surface area contributed by atoms with E-state index in [1.807, 2.05) is 13.0 Å². The Labute approximate surface area is 96.4 Å². The van der Waals surface area contributed by atoms with Gasteiger partial charge in [-0.05, 0) is 28.4 Å². The first kappa shape index (κ1) is 11.8. The number of hydrogen-bond donors (Lipinski definition) is 1. The van der Waals surface area contributed by atoms with Crippen molar-refractivity contribution in [3.8, 4) is 6.07 Å². The van der Waals surface area contributed by atoms with Crippen LogP contribution in [0.2, 0.25) is 0 Å². The van der Waals surface area contributed by atoms with E-state index >= 15 is 0 Å². The molecule has 5 heteroatoms. The van der Waals surface area contributed by atoms with E-state index < -0.39 is 6.04 Å². The number of nitrogens with zero attached hydrogens (tertiary/aromatic N) is 1. The maximum Gasteiger partial charge on any atom is 0.256 e. The van der Waals surface area contributed by atoms with Crippen molar-refractivity contribution in [3.63, 3.8) is 0 Å². The van der Waals surface area contributed by atoms with E-state index in [1.54, 1.807) is 6.07 Å². The van der Waals surface area contributed by atoms with Crippen LogP contribution in [0.1, 0.15) is 30.1 Å². The first-order valence-electron chi connectivity index (χ1n) is 4.62. The topological polar surface area (TPSA) is 66.0 Å². The molecular formula is C10H11BrN2O2. The molecule has 1 heterocycles. The van der Waals surface area contributed by atoms with E-state index in [2.05, 4.69) is 21.2 Å². The summed E-state index contributed by atoms with van der Waals surface area (Å²) >= 11 is 3.11. The van der Waals surface area contributed by atoms with E-state index in [9.17, 15) is 4.79 Å². The number of amides is 1. The normalized spacial score (nSPS) is 11.8. The number of rotatable bonds is 4. The number of furan rings is 1. The lowest BCUT2D eigenvalue weighted by atomic mass is 10.2. The Balaban J connectivity index is 2.64. The Bertz CT molecular complexity index is 381. The van der Waals surface area contributed by atoms with Crippen molar-refractivity contribution >= 4 is 21.8 Å². The number of nitrogens with one attached hydrogen (secondary N) is 1. The molecule has 1 aromatic heterocycles. The van der Waals surface area contributed by atoms with Crippen LogP contribution in [-0.2, 0) is 0 Å². The summed E-state index contributed by atoms with van der Waals surface area (Å²) in [5.74, 6) is -0.296. The van der Waals surface area contributed by atoms with Crippen LogP contribution in [0.4, 0.5) is 0 Å². The highest BCUT2D eigenvalue weighted by atomic mass is 79.9. The van der Waals surface area contributed by atoms with Crippen molar-refractivity contribution in [3.05, 3.63) is 22.6 Å². The lowest BCUT2D eigenvalue weighted by Crippen LogP contribution is -2.33. The van der Waals surface area contributed by atoms with E-state index in [1.165, 1.54) is 6.26 Å². The van der Waals surface area contributed by atoms with E-state index in [0.717, 1.165) is 6.42 Å². The molecule has 1 aromatic rings. The molecule has 0 aromatic carbocycles. The molecule has 1 unspecified atom stereocenters. The molecule has 0 saturated heterocycles. The van der Waals surface area contributed by atoms with Gasteiger partial charge in [-0.25, -0.2) is 0 Å². The van der Waals surface area contributed by atoms with Gasteiger partial charge < -0.3 is 9.73 Å². The molecule has 0 radical (unpaired) electrons. The highest BCUT2D eigenvalue weighted by molar-refractivity contribution is 9.10. The van der Waals surface area contributed by atoms with E-state index in [4.69, 9.17) is 9.68 Å². The van der Waals surface area contributed by atoms with Gasteiger partial charge >= 0.3 is 0 Å². The first-order valence-corrected chi connectivity index (χ1v) is 5.41. The third-order valence-corrected chi connectivity index (χ3v) is 2.52. The highest BCUT2D eigenvalue weighted by Gasteiger charge is 2.16. The summed E-state index contributed by atoms with van der Waals surface area (Å²) in [4.78, 5) is 11.6. The molecule has 80 valence electrons. The van der Waals surface area contributed by atoms with Crippen LogP contribution in [0.5, 0.6) is 0 Å². The minimum atomic E-state index is -0.440. The number of nitriles is 1. The summed E-state index contributed by atoms with van der Waals surface area (Å²) in [6.07, 6.45) is 2.92. The Morgan fingerprint density at radius 3 is 3.00 bits per heavy atom. The van der Waals surface area contributed by atoms with Gasteiger partial charge in [0.2, 0.25) is 0 Å². The summed E-state index contributed by atoms with van der Waals surface area (Å²) in [5, 5.41) is 11.4. The molecule has 1 rings (SSSR count). The number of carbonyl (C=O) groups is 1. The minimum Gasteiger partial charge on any atom is -0.457 e. The van der Waals surface area contributed by atoms with Gasteiger partial charge in [-0.2, -0.15) is 5.26 Å². The minimum absolute atomic E-state index is 0.296. The fourth-order valence-corrected chi connectivity index (χ4v) is 1.57. The van der Waals surface area contributed by atoms with Gasteiger partial charge in [-0.1, -0.05) is 13.3 Å². The van der Waals surface area contributed by atoms with E-state index in [-0.39, 0.29) is 5.91 Å². The van der Waals surface area contributed by atoms with Crippen molar-refractivity contribution in [2.45, 2.75) is 25.8 Å². The second kappa shape index (κ2) is 5.56. The Hall–Kier alpha value is -1.28. The lowest BCUT2D eigenvalue weighted by molar-refractivity contribution is 0.0942. The van der Waals surface area contributed by atoms with Crippen molar-refractivity contribution < 1.29 is 9.21 Å². The third kappa shape index (κ3) is 3.10. The van der Waals surface area contributed by atoms with Gasteiger partial charge in [0.15, 0.2) is 4.67 Å². The molecule has 4 nitrogen and oxygen atoms in total. The van der Waals surface area contributed by atoms with Gasteiger partial charge in [0.05, 0.1) is 17.9 Å². The molecule has 0 aliphatic heterocycles. The molecule has 0 spiro atoms. The molecule has 1 atom stereocenters. The Morgan fingerprint density at radius 1 is 1.80 bits per heavy atom. The van der Waals surface area contributed by atoms with Crippen molar-refractivity contribution in [2.24, 2.45) is 0 Å². The van der Waals surface area contributed by atoms with Crippen LogP contribution in [0.3, 0.4) is 0 Å². The van der Waals surface area contributed by atoms with Crippen LogP contribution in [0, 0.1) is 11.3 Å². The summed E-state index contributed by atoms with van der Waals surface area (Å²) in [6.45, 7) is 1.96. The molecule has 1 N–H and O–H groups in total. The summed E-state index contributed by atoms with van der Waals surface area (Å²) in [6, 6.07) is 3.15. The number of carbonyl (C=O) groups excluding carboxylic acids is 1. The predicted octanol–water partition coefficient (Wildman–Crippen LogP) is 2.46. The standard InChI is InChI=1S/C10H11BrN2O2/c1-2-3-7(6-12)13-10(14)8-4-5-15-9(8)11/h4-5,7H,2-3H2,1H3,(H,13,14). The van der Waals surface area contributed by atoms with Gasteiger partial charge in [-0.3, -0.25) is 4.79 Å². The fourth-order valence-electron chi connectivity index (χ4n) is 1.15. The molecular weight excluding hydrogens is 260 g/mol. The quantitative estimate of drug-likeness (QED) is 0.914. The van der Waals surface area contributed by atoms with Crippen molar-refractivity contribution in [2.75, 3.05) is 0 Å². The van der Waals surface area contributed by atoms with Crippen molar-refractivity contribution in [1.82, 2.24) is 5.32 Å². The maximum absolute atomic E-state index is 11.6. The zero-order chi connectivity index (χ0) is 11.3. The van der Waals surface area contributed by atoms with Crippen LogP contribution in [-0.4, -0.2) is 11.9 Å². The van der Waals surface area contributed by atoms with Crippen LogP contribution in [0.25, 0.3) is 0 Å². The van der Waals surface area contributed by atoms with Gasteiger partial charge in [0.1, 0.15) is 6.04 Å². The second-order valence-corrected chi connectivity index (χ2v) is 3.77. The fraction of sp³-hybridized carbons (Fsp3) is 0.400. The molecule has 0 bridgehead atoms. The number of hydrogen-bond acceptors (Lipinski definition) is 3. The lowest BCUT2D eigenvalue weighted by Gasteiger charge is -2.09. The van der Waals surface area contributed by atoms with Gasteiger partial charge in [0, 0.05) is 0 Å². The average molecular weight is 271 g/mol. The summed E-state index contributed by atoms with van der Waals surface area (Å²) in [5.41, 5.74) is 0.409. The van der Waals surface area contributed by atoms with E-state index in [0.29, 0.717) is 16.7 Å². The molecule has 0 aliphatic carbocycles. The van der Waals surface area contributed by atoms with Crippen LogP contribution >= 0.6 is 15.9 Å². The number of halogens is 1. The Kier molecular flexibility index (Phi) is 4.37. The van der Waals surface area contributed by atoms with Crippen LogP contribution in [0.15, 0.2) is 21.4 Å². The largest absolute Gasteiger partial charge is 0.457 e. The van der Waals surface area contributed by atoms with Gasteiger partial charge in [0.25, 0.3) is 5.91 Å².